The smallest absolute Gasteiger partial charge is 0.264 e. The summed E-state index contributed by atoms with van der Waals surface area (Å²) in [6.07, 6.45) is 0.211. The monoisotopic (exact) mass is 359 g/mol. The van der Waals surface area contributed by atoms with E-state index in [1.54, 1.807) is 17.0 Å². The standard InChI is InChI=1S/C18H18FN3O2S/c1-11-15-8-16(17(24)21-7-6-14(23)10-21)25-18(15)22(20-11)9-12-2-4-13(19)5-3-12/h2-5,8,14,23H,6-7,9-10H2,1H3/t14-/m0/s1. The van der Waals surface area contributed by atoms with Crippen LogP contribution in [0.25, 0.3) is 10.2 Å². The minimum Gasteiger partial charge on any atom is -0.391 e. The van der Waals surface area contributed by atoms with Gasteiger partial charge in [0.1, 0.15) is 10.6 Å². The molecule has 0 unspecified atom stereocenters. The highest BCUT2D eigenvalue weighted by molar-refractivity contribution is 7.20. The van der Waals surface area contributed by atoms with Gasteiger partial charge in [0.2, 0.25) is 0 Å². The summed E-state index contributed by atoms with van der Waals surface area (Å²) in [5, 5.41) is 15.1. The molecular weight excluding hydrogens is 341 g/mol. The first kappa shape index (κ1) is 16.2. The van der Waals surface area contributed by atoms with E-state index < -0.39 is 6.10 Å². The molecule has 1 aliphatic heterocycles. The van der Waals surface area contributed by atoms with Gasteiger partial charge in [-0.3, -0.25) is 9.48 Å². The number of hydrogen-bond acceptors (Lipinski definition) is 4. The van der Waals surface area contributed by atoms with Gasteiger partial charge in [-0.05, 0) is 37.1 Å². The number of aliphatic hydroxyl groups is 1. The molecule has 7 heteroatoms. The van der Waals surface area contributed by atoms with E-state index in [0.29, 0.717) is 30.9 Å². The number of aryl methyl sites for hydroxylation is 1. The first-order chi connectivity index (χ1) is 12.0. The SMILES string of the molecule is Cc1nn(Cc2ccc(F)cc2)c2sc(C(=O)N3CC[C@H](O)C3)cc12. The number of nitrogens with zero attached hydrogens (tertiary/aromatic N) is 3. The Balaban J connectivity index is 1.64. The first-order valence-corrected chi connectivity index (χ1v) is 9.01. The van der Waals surface area contributed by atoms with Gasteiger partial charge in [-0.1, -0.05) is 12.1 Å². The number of likely N-dealkylation sites (tertiary alicyclic amines) is 1. The lowest BCUT2D eigenvalue weighted by Gasteiger charge is -2.13. The first-order valence-electron chi connectivity index (χ1n) is 8.20. The van der Waals surface area contributed by atoms with E-state index in [2.05, 4.69) is 5.10 Å². The lowest BCUT2D eigenvalue weighted by atomic mass is 10.2. The number of aliphatic hydroxyl groups excluding tert-OH is 1. The average molecular weight is 359 g/mol. The molecule has 1 amide bonds. The van der Waals surface area contributed by atoms with Gasteiger partial charge >= 0.3 is 0 Å². The molecule has 1 fully saturated rings. The Morgan fingerprint density at radius 1 is 1.40 bits per heavy atom. The van der Waals surface area contributed by atoms with Gasteiger partial charge in [0, 0.05) is 18.5 Å². The van der Waals surface area contributed by atoms with E-state index in [4.69, 9.17) is 0 Å². The van der Waals surface area contributed by atoms with Crippen LogP contribution in [-0.2, 0) is 6.54 Å². The van der Waals surface area contributed by atoms with Gasteiger partial charge in [0.25, 0.3) is 5.91 Å². The van der Waals surface area contributed by atoms with E-state index in [0.717, 1.165) is 21.5 Å². The number of rotatable bonds is 3. The lowest BCUT2D eigenvalue weighted by Crippen LogP contribution is -2.28. The Hall–Kier alpha value is -2.25. The van der Waals surface area contributed by atoms with Crippen LogP contribution in [0, 0.1) is 12.7 Å². The topological polar surface area (TPSA) is 58.4 Å². The number of fused-ring (bicyclic) bond motifs is 1. The third-order valence-electron chi connectivity index (χ3n) is 4.51. The Kier molecular flexibility index (Phi) is 4.05. The Labute approximate surface area is 148 Å². The Morgan fingerprint density at radius 2 is 2.16 bits per heavy atom. The van der Waals surface area contributed by atoms with Crippen LogP contribution in [0.2, 0.25) is 0 Å². The highest BCUT2D eigenvalue weighted by atomic mass is 32.1. The molecule has 5 nitrogen and oxygen atoms in total. The number of hydrogen-bond donors (Lipinski definition) is 1. The Bertz CT molecular complexity index is 932. The number of β-amino-alcohol motifs (C(OH)–C–C–N with tert-alkyl or cyclic N) is 1. The molecule has 3 aromatic rings. The summed E-state index contributed by atoms with van der Waals surface area (Å²) in [5.74, 6) is -0.298. The number of thiophene rings is 1. The zero-order valence-electron chi connectivity index (χ0n) is 13.8. The van der Waals surface area contributed by atoms with Crippen LogP contribution in [0.15, 0.2) is 30.3 Å². The maximum atomic E-state index is 13.1. The summed E-state index contributed by atoms with van der Waals surface area (Å²) in [5.41, 5.74) is 1.82. The van der Waals surface area contributed by atoms with Crippen molar-refractivity contribution in [3.63, 3.8) is 0 Å². The second-order valence-corrected chi connectivity index (χ2v) is 7.42. The van der Waals surface area contributed by atoms with Crippen molar-refractivity contribution in [3.8, 4) is 0 Å². The molecular formula is C18H18FN3O2S. The largest absolute Gasteiger partial charge is 0.391 e. The van der Waals surface area contributed by atoms with Crippen molar-refractivity contribution >= 4 is 27.5 Å². The molecule has 1 saturated heterocycles. The fourth-order valence-corrected chi connectivity index (χ4v) is 4.30. The second kappa shape index (κ2) is 6.24. The van der Waals surface area contributed by atoms with Crippen molar-refractivity contribution in [2.24, 2.45) is 0 Å². The van der Waals surface area contributed by atoms with Crippen LogP contribution in [0.3, 0.4) is 0 Å². The number of carbonyl (C=O) groups excluding carboxylic acids is 1. The highest BCUT2D eigenvalue weighted by Crippen LogP contribution is 2.30. The van der Waals surface area contributed by atoms with E-state index in [1.807, 2.05) is 17.7 Å². The molecule has 0 bridgehead atoms. The molecule has 0 aliphatic carbocycles. The van der Waals surface area contributed by atoms with Gasteiger partial charge in [-0.15, -0.1) is 11.3 Å². The van der Waals surface area contributed by atoms with Gasteiger partial charge in [0.05, 0.1) is 23.2 Å². The number of aromatic nitrogens is 2. The third-order valence-corrected chi connectivity index (χ3v) is 5.65. The van der Waals surface area contributed by atoms with Crippen LogP contribution in [-0.4, -0.2) is 44.9 Å². The molecule has 25 heavy (non-hydrogen) atoms. The average Bonchev–Trinajstić information content (AvgIpc) is 3.27. The zero-order chi connectivity index (χ0) is 17.6. The summed E-state index contributed by atoms with van der Waals surface area (Å²) in [7, 11) is 0. The minimum absolute atomic E-state index is 0.0366. The highest BCUT2D eigenvalue weighted by Gasteiger charge is 2.27. The molecule has 1 atom stereocenters. The minimum atomic E-state index is -0.422. The second-order valence-electron chi connectivity index (χ2n) is 6.39. The van der Waals surface area contributed by atoms with Gasteiger partial charge < -0.3 is 10.0 Å². The lowest BCUT2D eigenvalue weighted by molar-refractivity contribution is 0.0770. The fraction of sp³-hybridized carbons (Fsp3) is 0.333. The van der Waals surface area contributed by atoms with Gasteiger partial charge in [0.15, 0.2) is 0 Å². The van der Waals surface area contributed by atoms with Crippen molar-refractivity contribution in [2.45, 2.75) is 26.0 Å². The molecule has 130 valence electrons. The molecule has 0 spiro atoms. The summed E-state index contributed by atoms with van der Waals surface area (Å²) in [6, 6.07) is 8.24. The predicted octanol–water partition coefficient (Wildman–Crippen LogP) is 2.80. The van der Waals surface area contributed by atoms with Gasteiger partial charge in [-0.2, -0.15) is 5.10 Å². The fourth-order valence-electron chi connectivity index (χ4n) is 3.17. The molecule has 1 aromatic carbocycles. The van der Waals surface area contributed by atoms with Crippen LogP contribution in [0.1, 0.15) is 27.3 Å². The molecule has 0 radical (unpaired) electrons. The van der Waals surface area contributed by atoms with Crippen molar-refractivity contribution < 1.29 is 14.3 Å². The van der Waals surface area contributed by atoms with Crippen molar-refractivity contribution in [3.05, 3.63) is 52.3 Å². The molecule has 0 saturated carbocycles. The summed E-state index contributed by atoms with van der Waals surface area (Å²) in [6.45, 7) is 3.44. The quantitative estimate of drug-likeness (QED) is 0.782. The van der Waals surface area contributed by atoms with Crippen LogP contribution >= 0.6 is 11.3 Å². The van der Waals surface area contributed by atoms with Gasteiger partial charge in [-0.25, -0.2) is 4.39 Å². The molecule has 2 aromatic heterocycles. The normalized spacial score (nSPS) is 17.6. The van der Waals surface area contributed by atoms with E-state index >= 15 is 0 Å². The summed E-state index contributed by atoms with van der Waals surface area (Å²) >= 11 is 1.42. The number of halogens is 1. The number of amides is 1. The Morgan fingerprint density at radius 3 is 2.84 bits per heavy atom. The molecule has 1 N–H and O–H groups in total. The van der Waals surface area contributed by atoms with Crippen molar-refractivity contribution in [1.82, 2.24) is 14.7 Å². The van der Waals surface area contributed by atoms with Crippen molar-refractivity contribution in [2.75, 3.05) is 13.1 Å². The number of benzene rings is 1. The van der Waals surface area contributed by atoms with Crippen LogP contribution in [0.5, 0.6) is 0 Å². The number of carbonyl (C=O) groups is 1. The molecule has 3 heterocycles. The maximum absolute atomic E-state index is 13.1. The summed E-state index contributed by atoms with van der Waals surface area (Å²) in [4.78, 5) is 15.9. The summed E-state index contributed by atoms with van der Waals surface area (Å²) < 4.78 is 14.9. The van der Waals surface area contributed by atoms with Crippen LogP contribution < -0.4 is 0 Å². The van der Waals surface area contributed by atoms with E-state index in [-0.39, 0.29) is 11.7 Å². The predicted molar refractivity (Wildman–Crippen MR) is 94.4 cm³/mol. The molecule has 1 aliphatic rings. The maximum Gasteiger partial charge on any atom is 0.264 e. The molecule has 4 rings (SSSR count). The van der Waals surface area contributed by atoms with Crippen LogP contribution in [0.4, 0.5) is 4.39 Å². The zero-order valence-corrected chi connectivity index (χ0v) is 14.6. The third kappa shape index (κ3) is 3.05. The van der Waals surface area contributed by atoms with Crippen molar-refractivity contribution in [1.29, 1.82) is 0 Å². The van der Waals surface area contributed by atoms with E-state index in [9.17, 15) is 14.3 Å². The van der Waals surface area contributed by atoms with E-state index in [1.165, 1.54) is 23.5 Å².